The summed E-state index contributed by atoms with van der Waals surface area (Å²) in [5, 5.41) is 3.61. The Morgan fingerprint density at radius 3 is 2.50 bits per heavy atom. The third kappa shape index (κ3) is 0.800. The van der Waals surface area contributed by atoms with Gasteiger partial charge in [0.15, 0.2) is 0 Å². The Labute approximate surface area is 63.2 Å². The van der Waals surface area contributed by atoms with E-state index in [0.717, 1.165) is 5.92 Å². The minimum absolute atomic E-state index is 0.609. The molecule has 1 spiro atoms. The SMILES string of the molecule is CC1CCCCC12CCN2. The van der Waals surface area contributed by atoms with E-state index >= 15 is 0 Å². The maximum Gasteiger partial charge on any atom is 0.0219 e. The van der Waals surface area contributed by atoms with Gasteiger partial charge in [0.2, 0.25) is 0 Å². The second kappa shape index (κ2) is 2.23. The monoisotopic (exact) mass is 139 g/mol. The van der Waals surface area contributed by atoms with E-state index in [1.165, 1.54) is 38.6 Å². The van der Waals surface area contributed by atoms with Gasteiger partial charge in [0, 0.05) is 5.54 Å². The summed E-state index contributed by atoms with van der Waals surface area (Å²) in [5.74, 6) is 0.940. The molecule has 2 unspecified atom stereocenters. The molecule has 1 aliphatic carbocycles. The average molecular weight is 139 g/mol. The molecule has 0 radical (unpaired) electrons. The Morgan fingerprint density at radius 1 is 1.30 bits per heavy atom. The summed E-state index contributed by atoms with van der Waals surface area (Å²) in [5.41, 5.74) is 0.609. The van der Waals surface area contributed by atoms with Gasteiger partial charge < -0.3 is 5.32 Å². The first-order valence-corrected chi connectivity index (χ1v) is 4.58. The van der Waals surface area contributed by atoms with Crippen LogP contribution in [0.15, 0.2) is 0 Å². The van der Waals surface area contributed by atoms with Gasteiger partial charge in [-0.15, -0.1) is 0 Å². The molecule has 2 rings (SSSR count). The van der Waals surface area contributed by atoms with E-state index in [1.54, 1.807) is 0 Å². The predicted octanol–water partition coefficient (Wildman–Crippen LogP) is 1.93. The highest BCUT2D eigenvalue weighted by Gasteiger charge is 2.42. The van der Waals surface area contributed by atoms with Crippen molar-refractivity contribution in [1.82, 2.24) is 5.32 Å². The Morgan fingerprint density at radius 2 is 2.10 bits per heavy atom. The van der Waals surface area contributed by atoms with Crippen molar-refractivity contribution in [2.45, 2.75) is 44.6 Å². The zero-order valence-corrected chi connectivity index (χ0v) is 6.82. The molecule has 1 N–H and O–H groups in total. The van der Waals surface area contributed by atoms with E-state index in [9.17, 15) is 0 Å². The van der Waals surface area contributed by atoms with Crippen LogP contribution in [0.2, 0.25) is 0 Å². The van der Waals surface area contributed by atoms with Crippen LogP contribution in [0.5, 0.6) is 0 Å². The molecule has 0 bridgehead atoms. The summed E-state index contributed by atoms with van der Waals surface area (Å²) in [6.07, 6.45) is 7.25. The minimum Gasteiger partial charge on any atom is -0.311 e. The second-order valence-electron chi connectivity index (χ2n) is 3.98. The molecule has 2 aliphatic rings. The second-order valence-corrected chi connectivity index (χ2v) is 3.98. The van der Waals surface area contributed by atoms with Crippen molar-refractivity contribution in [3.05, 3.63) is 0 Å². The molecule has 1 saturated carbocycles. The first-order valence-electron chi connectivity index (χ1n) is 4.58. The van der Waals surface area contributed by atoms with Crippen molar-refractivity contribution in [3.8, 4) is 0 Å². The summed E-state index contributed by atoms with van der Waals surface area (Å²) in [7, 11) is 0. The van der Waals surface area contributed by atoms with Gasteiger partial charge in [-0.05, 0) is 31.7 Å². The van der Waals surface area contributed by atoms with Gasteiger partial charge in [-0.2, -0.15) is 0 Å². The molecule has 1 heterocycles. The molecule has 1 saturated heterocycles. The molecular weight excluding hydrogens is 122 g/mol. The van der Waals surface area contributed by atoms with Gasteiger partial charge in [0.25, 0.3) is 0 Å². The van der Waals surface area contributed by atoms with E-state index < -0.39 is 0 Å². The molecule has 0 aromatic rings. The van der Waals surface area contributed by atoms with Crippen LogP contribution in [0, 0.1) is 5.92 Å². The molecule has 10 heavy (non-hydrogen) atoms. The molecule has 1 nitrogen and oxygen atoms in total. The normalized spacial score (nSPS) is 47.1. The maximum absolute atomic E-state index is 3.61. The highest BCUT2D eigenvalue weighted by atomic mass is 15.1. The summed E-state index contributed by atoms with van der Waals surface area (Å²) < 4.78 is 0. The van der Waals surface area contributed by atoms with Crippen LogP contribution in [0.25, 0.3) is 0 Å². The highest BCUT2D eigenvalue weighted by Crippen LogP contribution is 2.39. The van der Waals surface area contributed by atoms with Crippen molar-refractivity contribution in [2.75, 3.05) is 6.54 Å². The molecule has 1 aliphatic heterocycles. The Balaban J connectivity index is 2.03. The summed E-state index contributed by atoms with van der Waals surface area (Å²) in [4.78, 5) is 0. The Bertz CT molecular complexity index is 127. The van der Waals surface area contributed by atoms with Crippen molar-refractivity contribution in [3.63, 3.8) is 0 Å². The van der Waals surface area contributed by atoms with E-state index in [-0.39, 0.29) is 0 Å². The van der Waals surface area contributed by atoms with Crippen LogP contribution in [-0.2, 0) is 0 Å². The first kappa shape index (κ1) is 6.66. The van der Waals surface area contributed by atoms with Crippen molar-refractivity contribution >= 4 is 0 Å². The maximum atomic E-state index is 3.61. The Hall–Kier alpha value is -0.0400. The molecule has 0 amide bonds. The quantitative estimate of drug-likeness (QED) is 0.540. The lowest BCUT2D eigenvalue weighted by Gasteiger charge is -2.50. The predicted molar refractivity (Wildman–Crippen MR) is 43.0 cm³/mol. The number of hydrogen-bond donors (Lipinski definition) is 1. The molecular formula is C9H17N. The zero-order chi connectivity index (χ0) is 7.03. The fourth-order valence-electron chi connectivity index (χ4n) is 2.49. The summed E-state index contributed by atoms with van der Waals surface area (Å²) >= 11 is 0. The standard InChI is InChI=1S/C9H17N/c1-8-4-2-3-5-9(8)6-7-10-9/h8,10H,2-7H2,1H3. The third-order valence-electron chi connectivity index (χ3n) is 3.50. The number of rotatable bonds is 0. The first-order chi connectivity index (χ1) is 4.83. The number of nitrogens with one attached hydrogen (secondary N) is 1. The topological polar surface area (TPSA) is 12.0 Å². The van der Waals surface area contributed by atoms with Crippen LogP contribution in [0.4, 0.5) is 0 Å². The Kier molecular flexibility index (Phi) is 1.48. The van der Waals surface area contributed by atoms with Gasteiger partial charge in [-0.25, -0.2) is 0 Å². The van der Waals surface area contributed by atoms with Crippen LogP contribution < -0.4 is 5.32 Å². The lowest BCUT2D eigenvalue weighted by Crippen LogP contribution is -2.61. The van der Waals surface area contributed by atoms with Gasteiger partial charge >= 0.3 is 0 Å². The van der Waals surface area contributed by atoms with Gasteiger partial charge in [-0.3, -0.25) is 0 Å². The largest absolute Gasteiger partial charge is 0.311 e. The van der Waals surface area contributed by atoms with E-state index in [1.807, 2.05) is 0 Å². The van der Waals surface area contributed by atoms with Gasteiger partial charge in [0.1, 0.15) is 0 Å². The molecule has 0 aromatic heterocycles. The summed E-state index contributed by atoms with van der Waals surface area (Å²) in [6, 6.07) is 0. The van der Waals surface area contributed by atoms with Gasteiger partial charge in [-0.1, -0.05) is 19.8 Å². The average Bonchev–Trinajstić information content (AvgIpc) is 1.85. The van der Waals surface area contributed by atoms with Crippen LogP contribution in [-0.4, -0.2) is 12.1 Å². The lowest BCUT2D eigenvalue weighted by atomic mass is 9.68. The smallest absolute Gasteiger partial charge is 0.0219 e. The molecule has 2 atom stereocenters. The summed E-state index contributed by atoms with van der Waals surface area (Å²) in [6.45, 7) is 3.68. The van der Waals surface area contributed by atoms with Crippen LogP contribution in [0.3, 0.4) is 0 Å². The minimum atomic E-state index is 0.609. The number of hydrogen-bond acceptors (Lipinski definition) is 1. The zero-order valence-electron chi connectivity index (χ0n) is 6.82. The van der Waals surface area contributed by atoms with Crippen LogP contribution in [0.1, 0.15) is 39.0 Å². The van der Waals surface area contributed by atoms with Gasteiger partial charge in [0.05, 0.1) is 0 Å². The van der Waals surface area contributed by atoms with E-state index in [0.29, 0.717) is 5.54 Å². The molecule has 2 fully saturated rings. The van der Waals surface area contributed by atoms with Crippen molar-refractivity contribution < 1.29 is 0 Å². The fourth-order valence-corrected chi connectivity index (χ4v) is 2.49. The molecule has 1 heteroatoms. The van der Waals surface area contributed by atoms with Crippen molar-refractivity contribution in [1.29, 1.82) is 0 Å². The van der Waals surface area contributed by atoms with Crippen molar-refractivity contribution in [2.24, 2.45) is 5.92 Å². The van der Waals surface area contributed by atoms with E-state index in [4.69, 9.17) is 0 Å². The van der Waals surface area contributed by atoms with E-state index in [2.05, 4.69) is 12.2 Å². The fraction of sp³-hybridized carbons (Fsp3) is 1.00. The lowest BCUT2D eigenvalue weighted by molar-refractivity contribution is 0.0821. The van der Waals surface area contributed by atoms with Crippen LogP contribution >= 0.6 is 0 Å². The molecule has 0 aromatic carbocycles. The highest BCUT2D eigenvalue weighted by molar-refractivity contribution is 5.01. The molecule has 58 valence electrons. The third-order valence-corrected chi connectivity index (χ3v) is 3.50.